The van der Waals surface area contributed by atoms with Gasteiger partial charge in [0, 0.05) is 32.7 Å². The van der Waals surface area contributed by atoms with Crippen LogP contribution < -0.4 is 4.90 Å². The van der Waals surface area contributed by atoms with E-state index in [9.17, 15) is 0 Å². The van der Waals surface area contributed by atoms with Gasteiger partial charge in [0.15, 0.2) is 0 Å². The first-order chi connectivity index (χ1) is 14.6. The molecule has 0 N–H and O–H groups in total. The number of benzene rings is 2. The molecule has 0 unspecified atom stereocenters. The molecule has 30 heavy (non-hydrogen) atoms. The Labute approximate surface area is 184 Å². The molecular formula is C28H27NS. The molecule has 0 saturated heterocycles. The molecule has 1 nitrogen and oxygen atoms in total. The highest BCUT2D eigenvalue weighted by molar-refractivity contribution is 7.16. The molecule has 2 aromatic carbocycles. The highest BCUT2D eigenvalue weighted by atomic mass is 32.1. The first-order valence-electron chi connectivity index (χ1n) is 10.3. The number of hydrogen-bond acceptors (Lipinski definition) is 2. The van der Waals surface area contributed by atoms with Crippen LogP contribution in [0.3, 0.4) is 0 Å². The summed E-state index contributed by atoms with van der Waals surface area (Å²) in [4.78, 5) is 4.87. The van der Waals surface area contributed by atoms with Crippen LogP contribution >= 0.6 is 11.3 Å². The van der Waals surface area contributed by atoms with E-state index in [4.69, 9.17) is 0 Å². The SMILES string of the molecule is C=Cc1cc2c(s1)-c1ccc(N(/C=C/C=C\C=C/C)c3ccccc3)cc1C2(C)C. The molecule has 0 bridgehead atoms. The lowest BCUT2D eigenvalue weighted by Gasteiger charge is -2.25. The van der Waals surface area contributed by atoms with Crippen molar-refractivity contribution in [1.82, 2.24) is 0 Å². The molecule has 0 radical (unpaired) electrons. The number of nitrogens with zero attached hydrogens (tertiary/aromatic N) is 1. The Kier molecular flexibility index (Phi) is 5.61. The van der Waals surface area contributed by atoms with Crippen LogP contribution in [0.5, 0.6) is 0 Å². The third-order valence-corrected chi connectivity index (χ3v) is 6.78. The van der Waals surface area contributed by atoms with Crippen molar-refractivity contribution in [3.63, 3.8) is 0 Å². The number of rotatable bonds is 6. The summed E-state index contributed by atoms with van der Waals surface area (Å²) in [6.45, 7) is 10.6. The van der Waals surface area contributed by atoms with Crippen LogP contribution in [0, 0.1) is 0 Å². The average Bonchev–Trinajstić information content (AvgIpc) is 3.29. The Morgan fingerprint density at radius 2 is 1.63 bits per heavy atom. The first kappa shape index (κ1) is 20.2. The summed E-state index contributed by atoms with van der Waals surface area (Å²) in [7, 11) is 0. The van der Waals surface area contributed by atoms with Crippen LogP contribution in [0.25, 0.3) is 16.5 Å². The number of thiophene rings is 1. The molecule has 0 aliphatic heterocycles. The molecule has 0 atom stereocenters. The molecule has 1 aromatic heterocycles. The maximum atomic E-state index is 3.95. The van der Waals surface area contributed by atoms with Crippen LogP contribution in [-0.2, 0) is 5.41 Å². The van der Waals surface area contributed by atoms with E-state index < -0.39 is 0 Å². The van der Waals surface area contributed by atoms with Crippen molar-refractivity contribution in [2.75, 3.05) is 4.90 Å². The molecule has 0 amide bonds. The van der Waals surface area contributed by atoms with Crippen molar-refractivity contribution in [2.45, 2.75) is 26.2 Å². The molecule has 3 aromatic rings. The third kappa shape index (κ3) is 3.59. The van der Waals surface area contributed by atoms with E-state index in [1.807, 2.05) is 42.6 Å². The van der Waals surface area contributed by atoms with Crippen molar-refractivity contribution in [2.24, 2.45) is 0 Å². The van der Waals surface area contributed by atoms with Gasteiger partial charge in [0.25, 0.3) is 0 Å². The maximum Gasteiger partial charge on any atom is 0.0458 e. The van der Waals surface area contributed by atoms with Gasteiger partial charge < -0.3 is 4.90 Å². The standard InChI is InChI=1S/C28H27NS/c1-5-7-8-9-13-18-29(21-14-11-10-12-15-21)22-16-17-24-25(19-22)28(3,4)26-20-23(6-2)30-27(24)26/h5-20H,2H2,1,3-4H3/b7-5-,9-8-,18-13+. The largest absolute Gasteiger partial charge is 0.317 e. The van der Waals surface area contributed by atoms with Crippen LogP contribution in [-0.4, -0.2) is 0 Å². The van der Waals surface area contributed by atoms with Crippen LogP contribution in [0.15, 0.2) is 97.8 Å². The number of fused-ring (bicyclic) bond motifs is 3. The number of anilines is 2. The quantitative estimate of drug-likeness (QED) is 0.369. The van der Waals surface area contributed by atoms with E-state index >= 15 is 0 Å². The van der Waals surface area contributed by atoms with Gasteiger partial charge in [-0.3, -0.25) is 0 Å². The fourth-order valence-electron chi connectivity index (χ4n) is 4.00. The van der Waals surface area contributed by atoms with Crippen molar-refractivity contribution in [3.05, 3.63) is 114 Å². The fourth-order valence-corrected chi connectivity index (χ4v) is 5.21. The lowest BCUT2D eigenvalue weighted by Crippen LogP contribution is -2.16. The molecule has 0 spiro atoms. The molecule has 1 heterocycles. The summed E-state index contributed by atoms with van der Waals surface area (Å²) < 4.78 is 0. The molecule has 0 fully saturated rings. The molecule has 4 rings (SSSR count). The second-order valence-electron chi connectivity index (χ2n) is 7.91. The summed E-state index contributed by atoms with van der Waals surface area (Å²) in [5.74, 6) is 0. The summed E-state index contributed by atoms with van der Waals surface area (Å²) in [6, 6.07) is 19.7. The van der Waals surface area contributed by atoms with Crippen molar-refractivity contribution in [3.8, 4) is 10.4 Å². The molecule has 0 saturated carbocycles. The second-order valence-corrected chi connectivity index (χ2v) is 8.99. The zero-order valence-corrected chi connectivity index (χ0v) is 18.6. The van der Waals surface area contributed by atoms with E-state index in [2.05, 4.69) is 98.3 Å². The van der Waals surface area contributed by atoms with Gasteiger partial charge in [-0.05, 0) is 60.0 Å². The Hall–Kier alpha value is -3.10. The van der Waals surface area contributed by atoms with E-state index in [1.54, 1.807) is 0 Å². The summed E-state index contributed by atoms with van der Waals surface area (Å²) in [5, 5.41) is 0. The highest BCUT2D eigenvalue weighted by Crippen LogP contribution is 2.53. The summed E-state index contributed by atoms with van der Waals surface area (Å²) >= 11 is 1.84. The maximum absolute atomic E-state index is 3.95. The van der Waals surface area contributed by atoms with Gasteiger partial charge in [-0.2, -0.15) is 0 Å². The zero-order valence-electron chi connectivity index (χ0n) is 17.8. The molecule has 150 valence electrons. The van der Waals surface area contributed by atoms with Crippen molar-refractivity contribution in [1.29, 1.82) is 0 Å². The number of para-hydroxylation sites is 1. The molecular weight excluding hydrogens is 382 g/mol. The van der Waals surface area contributed by atoms with Crippen LogP contribution in [0.4, 0.5) is 11.4 Å². The highest BCUT2D eigenvalue weighted by Gasteiger charge is 2.37. The minimum Gasteiger partial charge on any atom is -0.317 e. The smallest absolute Gasteiger partial charge is 0.0458 e. The van der Waals surface area contributed by atoms with Gasteiger partial charge in [0.05, 0.1) is 0 Å². The number of allylic oxidation sites excluding steroid dienone is 5. The van der Waals surface area contributed by atoms with E-state index in [1.165, 1.54) is 32.1 Å². The van der Waals surface area contributed by atoms with Crippen molar-refractivity contribution >= 4 is 28.8 Å². The Morgan fingerprint density at radius 1 is 0.867 bits per heavy atom. The van der Waals surface area contributed by atoms with Crippen LogP contribution in [0.1, 0.15) is 36.8 Å². The van der Waals surface area contributed by atoms with E-state index in [0.29, 0.717) is 0 Å². The monoisotopic (exact) mass is 409 g/mol. The molecule has 1 aliphatic rings. The number of hydrogen-bond donors (Lipinski definition) is 0. The predicted molar refractivity (Wildman–Crippen MR) is 134 cm³/mol. The minimum absolute atomic E-state index is 0.0175. The average molecular weight is 410 g/mol. The van der Waals surface area contributed by atoms with Gasteiger partial charge in [-0.25, -0.2) is 0 Å². The second kappa shape index (κ2) is 8.33. The predicted octanol–water partition coefficient (Wildman–Crippen LogP) is 8.48. The Morgan fingerprint density at radius 3 is 2.37 bits per heavy atom. The Bertz CT molecular complexity index is 1140. The van der Waals surface area contributed by atoms with Gasteiger partial charge in [0.1, 0.15) is 0 Å². The lowest BCUT2D eigenvalue weighted by atomic mass is 9.82. The van der Waals surface area contributed by atoms with Gasteiger partial charge in [-0.1, -0.05) is 75.1 Å². The molecule has 2 heteroatoms. The van der Waals surface area contributed by atoms with E-state index in [-0.39, 0.29) is 5.41 Å². The van der Waals surface area contributed by atoms with Gasteiger partial charge in [0.2, 0.25) is 0 Å². The normalized spacial score (nSPS) is 14.5. The minimum atomic E-state index is -0.0175. The van der Waals surface area contributed by atoms with Crippen molar-refractivity contribution < 1.29 is 0 Å². The molecule has 1 aliphatic carbocycles. The zero-order chi connectivity index (χ0) is 21.1. The first-order valence-corrected chi connectivity index (χ1v) is 11.1. The third-order valence-electron chi connectivity index (χ3n) is 5.62. The summed E-state index contributed by atoms with van der Waals surface area (Å²) in [6.07, 6.45) is 14.3. The Balaban J connectivity index is 1.78. The van der Waals surface area contributed by atoms with Gasteiger partial charge in [-0.15, -0.1) is 11.3 Å². The topological polar surface area (TPSA) is 3.24 Å². The van der Waals surface area contributed by atoms with Crippen LogP contribution in [0.2, 0.25) is 0 Å². The van der Waals surface area contributed by atoms with E-state index in [0.717, 1.165) is 5.69 Å². The fraction of sp³-hybridized carbons (Fsp3) is 0.143. The summed E-state index contributed by atoms with van der Waals surface area (Å²) in [5.41, 5.74) is 6.44. The van der Waals surface area contributed by atoms with Gasteiger partial charge >= 0.3 is 0 Å². The lowest BCUT2D eigenvalue weighted by molar-refractivity contribution is 0.662.